The smallest absolute Gasteiger partial charge is 0.195 e. The lowest BCUT2D eigenvalue weighted by Gasteiger charge is -2.37. The second kappa shape index (κ2) is 8.37. The average molecular weight is 289 g/mol. The number of nitrogens with zero attached hydrogens (tertiary/aromatic N) is 1. The van der Waals surface area contributed by atoms with Crippen LogP contribution in [0, 0.1) is 35.0 Å². The third-order valence-corrected chi connectivity index (χ3v) is 5.68. The Morgan fingerprint density at radius 2 is 1.62 bits per heavy atom. The molecule has 0 atom stereocenters. The number of nitriles is 1. The first-order chi connectivity index (χ1) is 10.2. The zero-order valence-electron chi connectivity index (χ0n) is 13.2. The normalized spacial score (nSPS) is 34.8. The van der Waals surface area contributed by atoms with Crippen LogP contribution in [0.25, 0.3) is 0 Å². The number of hydrogen-bond acceptors (Lipinski definition) is 1. The molecule has 0 aliphatic heterocycles. The van der Waals surface area contributed by atoms with Gasteiger partial charge in [-0.15, -0.1) is 0 Å². The van der Waals surface area contributed by atoms with Gasteiger partial charge in [0, 0.05) is 0 Å². The number of rotatable bonds is 4. The molecule has 0 bridgehead atoms. The first kappa shape index (κ1) is 16.3. The van der Waals surface area contributed by atoms with Crippen LogP contribution in [-0.4, -0.2) is 0 Å². The predicted octanol–water partition coefficient (Wildman–Crippen LogP) is 5.94. The highest BCUT2D eigenvalue weighted by Crippen LogP contribution is 2.42. The summed E-state index contributed by atoms with van der Waals surface area (Å²) in [6.07, 6.45) is 17.3. The molecule has 2 heteroatoms. The first-order valence-corrected chi connectivity index (χ1v) is 8.67. The summed E-state index contributed by atoms with van der Waals surface area (Å²) in [4.78, 5) is 0. The fraction of sp³-hybridized carbons (Fsp3) is 0.737. The van der Waals surface area contributed by atoms with Crippen molar-refractivity contribution < 1.29 is 4.39 Å². The van der Waals surface area contributed by atoms with E-state index in [1.807, 2.05) is 0 Å². The molecule has 116 valence electrons. The van der Waals surface area contributed by atoms with Gasteiger partial charge in [0.2, 0.25) is 0 Å². The summed E-state index contributed by atoms with van der Waals surface area (Å²) in [5, 5.41) is 8.36. The Bertz CT molecular complexity index is 402. The van der Waals surface area contributed by atoms with Crippen molar-refractivity contribution in [2.24, 2.45) is 23.7 Å². The molecule has 1 nitrogen and oxygen atoms in total. The summed E-state index contributed by atoms with van der Waals surface area (Å²) in [5.74, 6) is 2.76. The second-order valence-electron chi connectivity index (χ2n) is 6.88. The molecule has 2 aliphatic rings. The Balaban J connectivity index is 1.72. The molecular formula is C19H28FN. The molecule has 0 aromatic carbocycles. The maximum Gasteiger partial charge on any atom is 0.199 e. The second-order valence-corrected chi connectivity index (χ2v) is 6.88. The van der Waals surface area contributed by atoms with Gasteiger partial charge in [0.05, 0.1) is 0 Å². The maximum atomic E-state index is 12.7. The molecule has 0 amide bonds. The van der Waals surface area contributed by atoms with Gasteiger partial charge in [-0.2, -0.15) is 9.65 Å². The molecule has 0 aromatic rings. The third-order valence-electron chi connectivity index (χ3n) is 5.68. The van der Waals surface area contributed by atoms with Crippen LogP contribution in [0.1, 0.15) is 64.7 Å². The summed E-state index contributed by atoms with van der Waals surface area (Å²) >= 11 is 0. The summed E-state index contributed by atoms with van der Waals surface area (Å²) in [6, 6.07) is 1.50. The van der Waals surface area contributed by atoms with Crippen LogP contribution in [0.4, 0.5) is 4.39 Å². The van der Waals surface area contributed by atoms with Crippen LogP contribution in [0.2, 0.25) is 0 Å². The number of hydrogen-bond donors (Lipinski definition) is 0. The van der Waals surface area contributed by atoms with E-state index < -0.39 is 5.83 Å². The molecular weight excluding hydrogens is 261 g/mol. The first-order valence-electron chi connectivity index (χ1n) is 8.67. The van der Waals surface area contributed by atoms with Gasteiger partial charge in [-0.25, -0.2) is 0 Å². The van der Waals surface area contributed by atoms with Crippen molar-refractivity contribution in [1.82, 2.24) is 0 Å². The van der Waals surface area contributed by atoms with Gasteiger partial charge < -0.3 is 0 Å². The van der Waals surface area contributed by atoms with Gasteiger partial charge in [-0.1, -0.05) is 38.3 Å². The van der Waals surface area contributed by atoms with E-state index in [1.165, 1.54) is 69.9 Å². The summed E-state index contributed by atoms with van der Waals surface area (Å²) in [6.45, 7) is 2.33. The predicted molar refractivity (Wildman–Crippen MR) is 85.1 cm³/mol. The van der Waals surface area contributed by atoms with E-state index in [4.69, 9.17) is 5.26 Å². The largest absolute Gasteiger partial charge is 0.199 e. The minimum Gasteiger partial charge on any atom is -0.195 e. The van der Waals surface area contributed by atoms with Crippen LogP contribution in [-0.2, 0) is 0 Å². The van der Waals surface area contributed by atoms with E-state index in [0.29, 0.717) is 5.92 Å². The van der Waals surface area contributed by atoms with E-state index in [0.717, 1.165) is 17.8 Å². The number of halogens is 1. The van der Waals surface area contributed by atoms with Crippen LogP contribution in [0.3, 0.4) is 0 Å². The molecule has 0 spiro atoms. The summed E-state index contributed by atoms with van der Waals surface area (Å²) in [7, 11) is 0. The van der Waals surface area contributed by atoms with E-state index in [2.05, 4.69) is 13.0 Å². The lowest BCUT2D eigenvalue weighted by molar-refractivity contribution is 0.154. The van der Waals surface area contributed by atoms with Crippen LogP contribution >= 0.6 is 0 Å². The monoisotopic (exact) mass is 289 g/mol. The molecule has 2 saturated carbocycles. The molecule has 0 heterocycles. The van der Waals surface area contributed by atoms with Crippen molar-refractivity contribution in [3.63, 3.8) is 0 Å². The van der Waals surface area contributed by atoms with Gasteiger partial charge in [0.25, 0.3) is 0 Å². The molecule has 0 radical (unpaired) electrons. The Morgan fingerprint density at radius 1 is 1.05 bits per heavy atom. The van der Waals surface area contributed by atoms with Crippen LogP contribution in [0.5, 0.6) is 0 Å². The average Bonchev–Trinajstić information content (AvgIpc) is 2.55. The van der Waals surface area contributed by atoms with Gasteiger partial charge in [0.15, 0.2) is 5.83 Å². The molecule has 0 N–H and O–H groups in total. The van der Waals surface area contributed by atoms with Crippen molar-refractivity contribution in [3.8, 4) is 6.07 Å². The summed E-state index contributed by atoms with van der Waals surface area (Å²) < 4.78 is 12.7. The van der Waals surface area contributed by atoms with Gasteiger partial charge in [-0.05, 0) is 68.3 Å². The van der Waals surface area contributed by atoms with Crippen molar-refractivity contribution in [1.29, 1.82) is 5.26 Å². The molecule has 2 aliphatic carbocycles. The van der Waals surface area contributed by atoms with E-state index in [1.54, 1.807) is 6.08 Å². The van der Waals surface area contributed by atoms with Crippen molar-refractivity contribution in [2.45, 2.75) is 64.7 Å². The molecule has 0 saturated heterocycles. The quantitative estimate of drug-likeness (QED) is 0.464. The number of allylic oxidation sites excluding steroid dienone is 4. The van der Waals surface area contributed by atoms with Gasteiger partial charge in [0.1, 0.15) is 6.07 Å². The van der Waals surface area contributed by atoms with Crippen LogP contribution in [0.15, 0.2) is 24.1 Å². The maximum absolute atomic E-state index is 12.7. The molecule has 0 unspecified atom stereocenters. The Kier molecular flexibility index (Phi) is 6.49. The lowest BCUT2D eigenvalue weighted by Crippen LogP contribution is -2.25. The minimum absolute atomic E-state index is 0.580. The topological polar surface area (TPSA) is 23.8 Å². The molecule has 0 aromatic heterocycles. The molecule has 21 heavy (non-hydrogen) atoms. The highest BCUT2D eigenvalue weighted by Gasteiger charge is 2.29. The van der Waals surface area contributed by atoms with Crippen molar-refractivity contribution >= 4 is 0 Å². The van der Waals surface area contributed by atoms with Crippen molar-refractivity contribution in [3.05, 3.63) is 24.1 Å². The van der Waals surface area contributed by atoms with Crippen LogP contribution < -0.4 is 0 Å². The van der Waals surface area contributed by atoms with E-state index >= 15 is 0 Å². The fourth-order valence-electron chi connectivity index (χ4n) is 4.21. The Labute approximate surface area is 128 Å². The highest BCUT2D eigenvalue weighted by molar-refractivity contribution is 5.19. The van der Waals surface area contributed by atoms with Crippen molar-refractivity contribution in [2.75, 3.05) is 0 Å². The molecule has 2 fully saturated rings. The SMILES string of the molecule is CC[C@H]1CC[C@H](C2CCC(/C=C/C=C(\F)C#N)CC2)CC1. The van der Waals surface area contributed by atoms with Gasteiger partial charge >= 0.3 is 0 Å². The fourth-order valence-corrected chi connectivity index (χ4v) is 4.21. The van der Waals surface area contributed by atoms with E-state index in [9.17, 15) is 4.39 Å². The Morgan fingerprint density at radius 3 is 2.14 bits per heavy atom. The van der Waals surface area contributed by atoms with E-state index in [-0.39, 0.29) is 0 Å². The summed E-state index contributed by atoms with van der Waals surface area (Å²) in [5.41, 5.74) is 0. The zero-order valence-corrected chi connectivity index (χ0v) is 13.2. The molecule has 2 rings (SSSR count). The standard InChI is InChI=1S/C19H28FN/c1-2-15-6-10-17(11-7-15)18-12-8-16(9-13-18)4-3-5-19(20)14-21/h3-5,15-18H,2,6-13H2,1H3/b4-3+,19-5-/t15-,16?,17-,18?. The minimum atomic E-state index is -0.701. The zero-order chi connectivity index (χ0) is 15.1. The van der Waals surface area contributed by atoms with Gasteiger partial charge in [-0.3, -0.25) is 0 Å². The third kappa shape index (κ3) is 4.99. The lowest BCUT2D eigenvalue weighted by atomic mass is 9.69. The highest BCUT2D eigenvalue weighted by atomic mass is 19.1. The Hall–Kier alpha value is -1.10.